The van der Waals surface area contributed by atoms with Crippen molar-refractivity contribution >= 4 is 11.6 Å². The standard InChI is InChI=1S/C13H19N7O/c21-12(17-11-7-14-15-8-11)6-13(4-2-1-3-5-13)9-20-10-16-18-19-20/h7-8,10H,1-6,9H2,(H,14,15)(H,17,21). The normalized spacial score (nSPS) is 17.5. The van der Waals surface area contributed by atoms with Crippen LogP contribution in [0.3, 0.4) is 0 Å². The molecule has 1 aliphatic rings. The summed E-state index contributed by atoms with van der Waals surface area (Å²) in [6.07, 6.45) is 11.0. The number of nitrogens with zero attached hydrogens (tertiary/aromatic N) is 5. The maximum absolute atomic E-state index is 12.3. The summed E-state index contributed by atoms with van der Waals surface area (Å²) in [6, 6.07) is 0. The Balaban J connectivity index is 1.68. The van der Waals surface area contributed by atoms with Crippen LogP contribution in [0.2, 0.25) is 0 Å². The van der Waals surface area contributed by atoms with E-state index in [1.807, 2.05) is 0 Å². The van der Waals surface area contributed by atoms with Crippen LogP contribution in [0.1, 0.15) is 38.5 Å². The van der Waals surface area contributed by atoms with Gasteiger partial charge in [-0.3, -0.25) is 9.89 Å². The van der Waals surface area contributed by atoms with Gasteiger partial charge >= 0.3 is 0 Å². The molecule has 21 heavy (non-hydrogen) atoms. The molecule has 2 aromatic rings. The summed E-state index contributed by atoms with van der Waals surface area (Å²) in [7, 11) is 0. The molecule has 2 N–H and O–H groups in total. The van der Waals surface area contributed by atoms with Gasteiger partial charge in [0.1, 0.15) is 6.33 Å². The first-order valence-corrected chi connectivity index (χ1v) is 7.25. The second kappa shape index (κ2) is 6.02. The summed E-state index contributed by atoms with van der Waals surface area (Å²) >= 11 is 0. The lowest BCUT2D eigenvalue weighted by Gasteiger charge is -2.36. The fraction of sp³-hybridized carbons (Fsp3) is 0.615. The Morgan fingerprint density at radius 1 is 1.38 bits per heavy atom. The van der Waals surface area contributed by atoms with E-state index in [4.69, 9.17) is 0 Å². The van der Waals surface area contributed by atoms with E-state index < -0.39 is 0 Å². The van der Waals surface area contributed by atoms with Crippen molar-refractivity contribution < 1.29 is 4.79 Å². The molecule has 0 atom stereocenters. The first-order valence-electron chi connectivity index (χ1n) is 7.25. The zero-order valence-corrected chi connectivity index (χ0v) is 11.8. The van der Waals surface area contributed by atoms with Crippen LogP contribution in [0.15, 0.2) is 18.7 Å². The summed E-state index contributed by atoms with van der Waals surface area (Å²) in [5.41, 5.74) is 0.648. The number of nitrogens with one attached hydrogen (secondary N) is 2. The number of carbonyl (C=O) groups is 1. The summed E-state index contributed by atoms with van der Waals surface area (Å²) < 4.78 is 1.73. The van der Waals surface area contributed by atoms with Crippen LogP contribution in [0.5, 0.6) is 0 Å². The van der Waals surface area contributed by atoms with Gasteiger partial charge < -0.3 is 5.32 Å². The molecule has 0 radical (unpaired) electrons. The average Bonchev–Trinajstić information content (AvgIpc) is 3.13. The molecule has 2 heterocycles. The SMILES string of the molecule is O=C(CC1(Cn2cnnn2)CCCCC1)Nc1cn[nH]c1. The molecule has 3 rings (SSSR count). The molecule has 0 bridgehead atoms. The fourth-order valence-electron chi connectivity index (χ4n) is 3.15. The molecular weight excluding hydrogens is 270 g/mol. The van der Waals surface area contributed by atoms with Crippen molar-refractivity contribution in [2.24, 2.45) is 5.41 Å². The van der Waals surface area contributed by atoms with Crippen LogP contribution < -0.4 is 5.32 Å². The van der Waals surface area contributed by atoms with E-state index in [0.717, 1.165) is 25.7 Å². The lowest BCUT2D eigenvalue weighted by atomic mass is 9.71. The minimum Gasteiger partial charge on any atom is -0.323 e. The van der Waals surface area contributed by atoms with Crippen LogP contribution in [0.25, 0.3) is 0 Å². The largest absolute Gasteiger partial charge is 0.323 e. The number of carbonyl (C=O) groups excluding carboxylic acids is 1. The van der Waals surface area contributed by atoms with E-state index in [1.54, 1.807) is 23.4 Å². The van der Waals surface area contributed by atoms with E-state index in [1.165, 1.54) is 6.42 Å². The van der Waals surface area contributed by atoms with Gasteiger partial charge in [-0.1, -0.05) is 19.3 Å². The molecule has 0 unspecified atom stereocenters. The van der Waals surface area contributed by atoms with Gasteiger partial charge in [0, 0.05) is 12.6 Å². The van der Waals surface area contributed by atoms with Crippen molar-refractivity contribution in [3.05, 3.63) is 18.7 Å². The third kappa shape index (κ3) is 3.45. The Bertz CT molecular complexity index is 557. The number of hydrogen-bond acceptors (Lipinski definition) is 5. The maximum atomic E-state index is 12.3. The molecule has 8 nitrogen and oxygen atoms in total. The van der Waals surface area contributed by atoms with Crippen LogP contribution in [0, 0.1) is 5.41 Å². The highest BCUT2D eigenvalue weighted by atomic mass is 16.1. The van der Waals surface area contributed by atoms with Crippen molar-refractivity contribution in [1.29, 1.82) is 0 Å². The molecular formula is C13H19N7O. The van der Waals surface area contributed by atoms with E-state index in [-0.39, 0.29) is 11.3 Å². The van der Waals surface area contributed by atoms with Gasteiger partial charge in [-0.25, -0.2) is 4.68 Å². The molecule has 1 saturated carbocycles. The van der Waals surface area contributed by atoms with Crippen LogP contribution in [-0.2, 0) is 11.3 Å². The summed E-state index contributed by atoms with van der Waals surface area (Å²) in [5, 5.41) is 20.7. The maximum Gasteiger partial charge on any atom is 0.225 e. The summed E-state index contributed by atoms with van der Waals surface area (Å²) in [6.45, 7) is 0.693. The van der Waals surface area contributed by atoms with Crippen molar-refractivity contribution in [2.45, 2.75) is 45.1 Å². The minimum absolute atomic E-state index is 0.0198. The number of tetrazole rings is 1. The second-order valence-corrected chi connectivity index (χ2v) is 5.78. The Morgan fingerprint density at radius 3 is 2.90 bits per heavy atom. The molecule has 0 aliphatic heterocycles. The zero-order chi connectivity index (χ0) is 14.5. The number of rotatable bonds is 5. The smallest absolute Gasteiger partial charge is 0.225 e. The van der Waals surface area contributed by atoms with Crippen molar-refractivity contribution in [3.8, 4) is 0 Å². The zero-order valence-electron chi connectivity index (χ0n) is 11.8. The Labute approximate surface area is 122 Å². The van der Waals surface area contributed by atoms with Crippen LogP contribution in [-0.4, -0.2) is 36.3 Å². The monoisotopic (exact) mass is 289 g/mol. The molecule has 2 aromatic heterocycles. The predicted molar refractivity (Wildman–Crippen MR) is 75.2 cm³/mol. The second-order valence-electron chi connectivity index (χ2n) is 5.78. The number of amides is 1. The average molecular weight is 289 g/mol. The molecule has 1 amide bonds. The van der Waals surface area contributed by atoms with Gasteiger partial charge in [0.05, 0.1) is 18.4 Å². The van der Waals surface area contributed by atoms with Gasteiger partial charge in [0.15, 0.2) is 0 Å². The number of H-pyrrole nitrogens is 1. The highest BCUT2D eigenvalue weighted by molar-refractivity contribution is 5.90. The molecule has 1 aliphatic carbocycles. The van der Waals surface area contributed by atoms with Crippen molar-refractivity contribution in [1.82, 2.24) is 30.4 Å². The third-order valence-corrected chi connectivity index (χ3v) is 4.12. The number of anilines is 1. The molecule has 1 fully saturated rings. The van der Waals surface area contributed by atoms with Crippen LogP contribution in [0.4, 0.5) is 5.69 Å². The van der Waals surface area contributed by atoms with Crippen LogP contribution >= 0.6 is 0 Å². The molecule has 0 aromatic carbocycles. The lowest BCUT2D eigenvalue weighted by molar-refractivity contribution is -0.119. The van der Waals surface area contributed by atoms with E-state index in [0.29, 0.717) is 18.7 Å². The molecule has 0 saturated heterocycles. The van der Waals surface area contributed by atoms with Crippen molar-refractivity contribution in [3.63, 3.8) is 0 Å². The first-order chi connectivity index (χ1) is 10.3. The molecule has 0 spiro atoms. The number of hydrogen-bond donors (Lipinski definition) is 2. The first kappa shape index (κ1) is 13.7. The van der Waals surface area contributed by atoms with E-state index in [9.17, 15) is 4.79 Å². The predicted octanol–water partition coefficient (Wildman–Crippen LogP) is 1.38. The van der Waals surface area contributed by atoms with Gasteiger partial charge in [-0.15, -0.1) is 5.10 Å². The van der Waals surface area contributed by atoms with E-state index in [2.05, 4.69) is 31.0 Å². The van der Waals surface area contributed by atoms with Gasteiger partial charge in [0.2, 0.25) is 5.91 Å². The summed E-state index contributed by atoms with van der Waals surface area (Å²) in [4.78, 5) is 12.3. The van der Waals surface area contributed by atoms with Crippen molar-refractivity contribution in [2.75, 3.05) is 5.32 Å². The van der Waals surface area contributed by atoms with E-state index >= 15 is 0 Å². The Kier molecular flexibility index (Phi) is 3.94. The highest BCUT2D eigenvalue weighted by Crippen LogP contribution is 2.40. The number of aromatic amines is 1. The van der Waals surface area contributed by atoms with Gasteiger partial charge in [-0.05, 0) is 28.7 Å². The minimum atomic E-state index is -0.0541. The fourth-order valence-corrected chi connectivity index (χ4v) is 3.15. The number of aromatic nitrogens is 6. The lowest BCUT2D eigenvalue weighted by Crippen LogP contribution is -2.34. The molecule has 112 valence electrons. The Hall–Kier alpha value is -2.25. The topological polar surface area (TPSA) is 101 Å². The molecule has 8 heteroatoms. The van der Waals surface area contributed by atoms with Gasteiger partial charge in [0.25, 0.3) is 0 Å². The Morgan fingerprint density at radius 2 is 2.24 bits per heavy atom. The van der Waals surface area contributed by atoms with Gasteiger partial charge in [-0.2, -0.15) is 5.10 Å². The highest BCUT2D eigenvalue weighted by Gasteiger charge is 2.35. The quantitative estimate of drug-likeness (QED) is 0.865. The summed E-state index contributed by atoms with van der Waals surface area (Å²) in [5.74, 6) is 0.0198. The third-order valence-electron chi connectivity index (χ3n) is 4.12.